The van der Waals surface area contributed by atoms with Crippen LogP contribution < -0.4 is 10.1 Å². The molecule has 0 aromatic heterocycles. The fourth-order valence-corrected chi connectivity index (χ4v) is 2.27. The summed E-state index contributed by atoms with van der Waals surface area (Å²) in [4.78, 5) is 23.1. The maximum Gasteiger partial charge on any atom is 0.337 e. The van der Waals surface area contributed by atoms with Crippen LogP contribution in [-0.2, 0) is 4.79 Å². The number of ether oxygens (including phenoxy) is 1. The van der Waals surface area contributed by atoms with Gasteiger partial charge in [-0.15, -0.1) is 0 Å². The molecule has 126 valence electrons. The standard InChI is InChI=1S/C19H21NO4/c1-13-9-10-14(2)17(12-13)24-11-5-8-18(21)20-16-7-4-3-6-15(16)19(22)23/h3-4,6-7,9-10,12H,5,8,11H2,1-2H3,(H,20,21)(H,22,23). The molecule has 0 aliphatic carbocycles. The van der Waals surface area contributed by atoms with Crippen molar-refractivity contribution < 1.29 is 19.4 Å². The van der Waals surface area contributed by atoms with Gasteiger partial charge in [0, 0.05) is 6.42 Å². The third kappa shape index (κ3) is 4.84. The van der Waals surface area contributed by atoms with E-state index in [9.17, 15) is 9.59 Å². The van der Waals surface area contributed by atoms with E-state index in [0.29, 0.717) is 18.7 Å². The lowest BCUT2D eigenvalue weighted by atomic mass is 10.1. The van der Waals surface area contributed by atoms with Crippen LogP contribution in [0, 0.1) is 13.8 Å². The molecular formula is C19H21NO4. The van der Waals surface area contributed by atoms with E-state index < -0.39 is 5.97 Å². The highest BCUT2D eigenvalue weighted by atomic mass is 16.5. The minimum Gasteiger partial charge on any atom is -0.493 e. The number of aryl methyl sites for hydroxylation is 2. The summed E-state index contributed by atoms with van der Waals surface area (Å²) < 4.78 is 5.71. The van der Waals surface area contributed by atoms with Crippen molar-refractivity contribution in [2.45, 2.75) is 26.7 Å². The van der Waals surface area contributed by atoms with Gasteiger partial charge in [-0.1, -0.05) is 24.3 Å². The van der Waals surface area contributed by atoms with Gasteiger partial charge in [0.1, 0.15) is 5.75 Å². The average Bonchev–Trinajstić information content (AvgIpc) is 2.55. The topological polar surface area (TPSA) is 75.6 Å². The van der Waals surface area contributed by atoms with Crippen LogP contribution in [0.1, 0.15) is 34.3 Å². The molecule has 0 radical (unpaired) electrons. The van der Waals surface area contributed by atoms with Crippen LogP contribution in [0.4, 0.5) is 5.69 Å². The van der Waals surface area contributed by atoms with Crippen molar-refractivity contribution in [3.8, 4) is 5.75 Å². The lowest BCUT2D eigenvalue weighted by Gasteiger charge is -2.11. The third-order valence-electron chi connectivity index (χ3n) is 3.58. The molecule has 24 heavy (non-hydrogen) atoms. The Morgan fingerprint density at radius 1 is 1.12 bits per heavy atom. The number of hydrogen-bond donors (Lipinski definition) is 2. The van der Waals surface area contributed by atoms with Gasteiger partial charge in [0.15, 0.2) is 0 Å². The molecule has 0 unspecified atom stereocenters. The summed E-state index contributed by atoms with van der Waals surface area (Å²) in [5.74, 6) is -0.468. The number of carbonyl (C=O) groups excluding carboxylic acids is 1. The van der Waals surface area contributed by atoms with Crippen LogP contribution in [0.3, 0.4) is 0 Å². The Balaban J connectivity index is 1.82. The van der Waals surface area contributed by atoms with Crippen molar-refractivity contribution in [2.75, 3.05) is 11.9 Å². The molecule has 1 amide bonds. The lowest BCUT2D eigenvalue weighted by molar-refractivity contribution is -0.116. The summed E-state index contributed by atoms with van der Waals surface area (Å²) in [6, 6.07) is 12.3. The minimum absolute atomic E-state index is 0.0810. The number of hydrogen-bond acceptors (Lipinski definition) is 3. The second kappa shape index (κ2) is 8.15. The van der Waals surface area contributed by atoms with Crippen molar-refractivity contribution in [2.24, 2.45) is 0 Å². The first kappa shape index (κ1) is 17.5. The van der Waals surface area contributed by atoms with Gasteiger partial charge in [-0.3, -0.25) is 4.79 Å². The van der Waals surface area contributed by atoms with E-state index in [1.807, 2.05) is 32.0 Å². The van der Waals surface area contributed by atoms with Crippen molar-refractivity contribution in [3.63, 3.8) is 0 Å². The molecule has 5 nitrogen and oxygen atoms in total. The molecule has 0 saturated heterocycles. The molecule has 0 spiro atoms. The maximum absolute atomic E-state index is 12.0. The molecule has 0 heterocycles. The second-order valence-electron chi connectivity index (χ2n) is 5.62. The molecule has 0 aliphatic rings. The van der Waals surface area contributed by atoms with Crippen LogP contribution >= 0.6 is 0 Å². The zero-order chi connectivity index (χ0) is 17.5. The normalized spacial score (nSPS) is 10.2. The van der Waals surface area contributed by atoms with Crippen molar-refractivity contribution in [3.05, 3.63) is 59.2 Å². The Morgan fingerprint density at radius 2 is 1.88 bits per heavy atom. The molecule has 0 fully saturated rings. The van der Waals surface area contributed by atoms with Crippen molar-refractivity contribution in [1.82, 2.24) is 0 Å². The Labute approximate surface area is 141 Å². The molecule has 2 rings (SSSR count). The fraction of sp³-hybridized carbons (Fsp3) is 0.263. The van der Waals surface area contributed by atoms with Gasteiger partial charge < -0.3 is 15.2 Å². The van der Waals surface area contributed by atoms with Gasteiger partial charge >= 0.3 is 5.97 Å². The Bertz CT molecular complexity index is 740. The second-order valence-corrected chi connectivity index (χ2v) is 5.62. The highest BCUT2D eigenvalue weighted by Gasteiger charge is 2.11. The SMILES string of the molecule is Cc1ccc(C)c(OCCCC(=O)Nc2ccccc2C(=O)O)c1. The van der Waals surface area contributed by atoms with Crippen molar-refractivity contribution in [1.29, 1.82) is 0 Å². The highest BCUT2D eigenvalue weighted by molar-refractivity contribution is 6.00. The zero-order valence-electron chi connectivity index (χ0n) is 13.8. The number of carboxylic acid groups (broad SMARTS) is 1. The van der Waals surface area contributed by atoms with Crippen LogP contribution in [0.15, 0.2) is 42.5 Å². The average molecular weight is 327 g/mol. The highest BCUT2D eigenvalue weighted by Crippen LogP contribution is 2.19. The maximum atomic E-state index is 12.0. The monoisotopic (exact) mass is 327 g/mol. The third-order valence-corrected chi connectivity index (χ3v) is 3.58. The van der Waals surface area contributed by atoms with E-state index in [0.717, 1.165) is 16.9 Å². The minimum atomic E-state index is -1.07. The van der Waals surface area contributed by atoms with E-state index in [1.54, 1.807) is 18.2 Å². The summed E-state index contributed by atoms with van der Waals surface area (Å²) in [6.07, 6.45) is 0.813. The number of carbonyl (C=O) groups is 2. The summed E-state index contributed by atoms with van der Waals surface area (Å²) in [7, 11) is 0. The molecule has 2 aromatic rings. The first-order chi connectivity index (χ1) is 11.5. The quantitative estimate of drug-likeness (QED) is 0.759. The first-order valence-electron chi connectivity index (χ1n) is 7.79. The molecule has 2 N–H and O–H groups in total. The van der Waals surface area contributed by atoms with Gasteiger partial charge in [0.2, 0.25) is 5.91 Å². The molecule has 2 aromatic carbocycles. The van der Waals surface area contributed by atoms with Crippen LogP contribution in [-0.4, -0.2) is 23.6 Å². The number of benzene rings is 2. The van der Waals surface area contributed by atoms with Gasteiger partial charge in [-0.25, -0.2) is 4.79 Å². The Morgan fingerprint density at radius 3 is 2.62 bits per heavy atom. The van der Waals surface area contributed by atoms with E-state index in [4.69, 9.17) is 9.84 Å². The molecule has 0 bridgehead atoms. The van der Waals surface area contributed by atoms with Gasteiger partial charge in [0.25, 0.3) is 0 Å². The first-order valence-corrected chi connectivity index (χ1v) is 7.79. The number of carboxylic acids is 1. The van der Waals surface area contributed by atoms with Gasteiger partial charge in [-0.05, 0) is 49.6 Å². The van der Waals surface area contributed by atoms with Crippen LogP contribution in [0.2, 0.25) is 0 Å². The largest absolute Gasteiger partial charge is 0.493 e. The molecular weight excluding hydrogens is 306 g/mol. The fourth-order valence-electron chi connectivity index (χ4n) is 2.27. The zero-order valence-corrected chi connectivity index (χ0v) is 13.8. The lowest BCUT2D eigenvalue weighted by Crippen LogP contribution is -2.15. The summed E-state index contributed by atoms with van der Waals surface area (Å²) in [5, 5.41) is 11.7. The van der Waals surface area contributed by atoms with E-state index in [1.165, 1.54) is 6.07 Å². The number of nitrogens with one attached hydrogen (secondary N) is 1. The molecule has 0 atom stereocenters. The summed E-state index contributed by atoms with van der Waals surface area (Å²) in [5.41, 5.74) is 2.57. The number of rotatable bonds is 7. The van der Waals surface area contributed by atoms with Crippen LogP contribution in [0.5, 0.6) is 5.75 Å². The smallest absolute Gasteiger partial charge is 0.337 e. The predicted molar refractivity (Wildman–Crippen MR) is 92.7 cm³/mol. The predicted octanol–water partition coefficient (Wildman–Crippen LogP) is 3.80. The number of aromatic carboxylic acids is 1. The molecule has 0 aliphatic heterocycles. The molecule has 5 heteroatoms. The molecule has 0 saturated carbocycles. The van der Waals surface area contributed by atoms with Crippen LogP contribution in [0.25, 0.3) is 0 Å². The number of para-hydroxylation sites is 1. The summed E-state index contributed by atoms with van der Waals surface area (Å²) in [6.45, 7) is 4.41. The van der Waals surface area contributed by atoms with E-state index in [2.05, 4.69) is 5.32 Å². The van der Waals surface area contributed by atoms with E-state index >= 15 is 0 Å². The number of anilines is 1. The Kier molecular flexibility index (Phi) is 5.95. The number of amides is 1. The summed E-state index contributed by atoms with van der Waals surface area (Å²) >= 11 is 0. The Hall–Kier alpha value is -2.82. The van der Waals surface area contributed by atoms with Crippen molar-refractivity contribution >= 4 is 17.6 Å². The van der Waals surface area contributed by atoms with Gasteiger partial charge in [-0.2, -0.15) is 0 Å². The van der Waals surface area contributed by atoms with E-state index in [-0.39, 0.29) is 17.9 Å². The van der Waals surface area contributed by atoms with Gasteiger partial charge in [0.05, 0.1) is 17.9 Å².